The second kappa shape index (κ2) is 28.7. The van der Waals surface area contributed by atoms with E-state index in [0.717, 1.165) is 38.5 Å². The number of rotatable bonds is 31. The van der Waals surface area contributed by atoms with Gasteiger partial charge in [0.25, 0.3) is 0 Å². The summed E-state index contributed by atoms with van der Waals surface area (Å²) in [4.78, 5) is 25.9. The first-order valence-electron chi connectivity index (χ1n) is 19.0. The van der Waals surface area contributed by atoms with E-state index in [0.29, 0.717) is 12.8 Å². The number of aliphatic hydroxyl groups excluding tert-OH is 1. The van der Waals surface area contributed by atoms with E-state index in [-0.39, 0.29) is 12.8 Å². The van der Waals surface area contributed by atoms with E-state index >= 15 is 0 Å². The molecular weight excluding hydrogens is 657 g/mol. The number of hydrogen-bond acceptors (Lipinski definition) is 10. The normalized spacial score (nSPS) is 21.3. The molecule has 1 heterocycles. The molecule has 10 nitrogen and oxygen atoms in total. The van der Waals surface area contributed by atoms with Crippen molar-refractivity contribution in [1.82, 2.24) is 0 Å². The highest BCUT2D eigenvalue weighted by Crippen LogP contribution is 2.34. The minimum absolute atomic E-state index is 0.0974. The van der Waals surface area contributed by atoms with Gasteiger partial charge in [-0.1, -0.05) is 149 Å². The van der Waals surface area contributed by atoms with Gasteiger partial charge in [0.1, 0.15) is 17.6 Å². The van der Waals surface area contributed by atoms with Gasteiger partial charge in [-0.15, -0.1) is 11.8 Å². The average Bonchev–Trinajstić information content (AvgIpc) is 3.05. The van der Waals surface area contributed by atoms with Crippen LogP contribution in [0.1, 0.15) is 174 Å². The van der Waals surface area contributed by atoms with Crippen LogP contribution in [-0.2, 0) is 38.4 Å². The van der Waals surface area contributed by atoms with Gasteiger partial charge >= 0.3 is 22.3 Å². The zero-order valence-corrected chi connectivity index (χ0v) is 31.9. The highest BCUT2D eigenvalue weighted by Gasteiger charge is 2.52. The van der Waals surface area contributed by atoms with E-state index in [1.165, 1.54) is 108 Å². The predicted octanol–water partition coefficient (Wildman–Crippen LogP) is 8.87. The van der Waals surface area contributed by atoms with Gasteiger partial charge in [0.15, 0.2) is 12.2 Å². The first kappa shape index (κ1) is 45.1. The molecule has 0 aromatic carbocycles. The molecule has 12 heteroatoms. The van der Waals surface area contributed by atoms with Gasteiger partial charge in [0.05, 0.1) is 6.61 Å². The molecule has 284 valence electrons. The number of unbranched alkanes of at least 4 members (excludes halogenated alkanes) is 21. The van der Waals surface area contributed by atoms with E-state index in [1.807, 2.05) is 0 Å². The summed E-state index contributed by atoms with van der Waals surface area (Å²) in [5.74, 6) is -1.12. The van der Waals surface area contributed by atoms with Crippen LogP contribution in [0, 0.1) is 0 Å². The summed E-state index contributed by atoms with van der Waals surface area (Å²) in [5.41, 5.74) is -0.853. The summed E-state index contributed by atoms with van der Waals surface area (Å²) >= 11 is 1.18. The molecule has 48 heavy (non-hydrogen) atoms. The van der Waals surface area contributed by atoms with Crippen molar-refractivity contribution in [2.45, 2.75) is 204 Å². The Kier molecular flexibility index (Phi) is 27.0. The van der Waals surface area contributed by atoms with Crippen molar-refractivity contribution in [2.75, 3.05) is 12.9 Å². The number of carbonyl (C=O) groups is 2. The van der Waals surface area contributed by atoms with Gasteiger partial charge in [0.2, 0.25) is 0 Å². The summed E-state index contributed by atoms with van der Waals surface area (Å²) in [6.07, 6.45) is 22.9. The van der Waals surface area contributed by atoms with Crippen LogP contribution in [0.2, 0.25) is 0 Å². The van der Waals surface area contributed by atoms with Gasteiger partial charge in [-0.3, -0.25) is 14.1 Å². The Labute approximate surface area is 296 Å². The summed E-state index contributed by atoms with van der Waals surface area (Å²) in [6.45, 7) is 3.78. The first-order valence-corrected chi connectivity index (χ1v) is 21.7. The Morgan fingerprint density at radius 3 is 1.29 bits per heavy atom. The zero-order chi connectivity index (χ0) is 35.5. The average molecular weight is 725 g/mol. The Balaban J connectivity index is 2.61. The van der Waals surface area contributed by atoms with Crippen LogP contribution < -0.4 is 0 Å². The molecule has 0 spiro atoms. The second-order valence-electron chi connectivity index (χ2n) is 13.3. The van der Waals surface area contributed by atoms with Gasteiger partial charge < -0.3 is 19.3 Å². The SMILES string of the molecule is CCCCCCCCCCCCCCC(=O)O[C@H]1C(SC)O[C@H](CO)[C@@H](OS(=O)(=O)O)[C@@H]1OC(=O)CCCCCCCCCCCCC. The fraction of sp³-hybridized carbons (Fsp3) is 0.944. The van der Waals surface area contributed by atoms with Crippen molar-refractivity contribution in [1.29, 1.82) is 0 Å². The van der Waals surface area contributed by atoms with E-state index < -0.39 is 58.8 Å². The number of carbonyl (C=O) groups excluding carboxylic acids is 2. The van der Waals surface area contributed by atoms with Gasteiger partial charge in [-0.2, -0.15) is 8.42 Å². The molecule has 2 N–H and O–H groups in total. The van der Waals surface area contributed by atoms with E-state index in [1.54, 1.807) is 6.26 Å². The summed E-state index contributed by atoms with van der Waals surface area (Å²) < 4.78 is 55.1. The number of aliphatic hydroxyl groups is 1. The molecule has 0 aliphatic carbocycles. The molecule has 0 amide bonds. The third-order valence-electron chi connectivity index (χ3n) is 8.99. The summed E-state index contributed by atoms with van der Waals surface area (Å²) in [6, 6.07) is 0. The van der Waals surface area contributed by atoms with Crippen molar-refractivity contribution >= 4 is 34.1 Å². The van der Waals surface area contributed by atoms with Crippen LogP contribution in [0.25, 0.3) is 0 Å². The Bertz CT molecular complexity index is 916. The van der Waals surface area contributed by atoms with E-state index in [4.69, 9.17) is 18.4 Å². The molecule has 0 aromatic rings. The quantitative estimate of drug-likeness (QED) is 0.0402. The van der Waals surface area contributed by atoms with Crippen LogP contribution in [-0.4, -0.2) is 72.7 Å². The molecule has 1 unspecified atom stereocenters. The van der Waals surface area contributed by atoms with Crippen LogP contribution >= 0.6 is 11.8 Å². The van der Waals surface area contributed by atoms with Gasteiger partial charge in [-0.05, 0) is 19.1 Å². The standard InChI is InChI=1S/C36H68O10S2/c1-4-6-8-10-12-14-16-18-20-22-24-26-28-32(39)45-35-34(33(46-48(40,41)42)30(29-37)43-36(35)47-3)44-31(38)27-25-23-21-19-17-15-13-11-9-7-5-2/h30,33-37H,4-29H2,1-3H3,(H,40,41,42)/t30-,33-,34+,35-,36?/m1/s1. The molecule has 0 radical (unpaired) electrons. The maximum atomic E-state index is 13.0. The van der Waals surface area contributed by atoms with E-state index in [9.17, 15) is 27.7 Å². The molecular formula is C36H68O10S2. The zero-order valence-electron chi connectivity index (χ0n) is 30.2. The van der Waals surface area contributed by atoms with Gasteiger partial charge in [-0.25, -0.2) is 4.18 Å². The Morgan fingerprint density at radius 1 is 0.604 bits per heavy atom. The minimum atomic E-state index is -5.01. The fourth-order valence-corrected chi connectivity index (χ4v) is 7.44. The van der Waals surface area contributed by atoms with Crippen LogP contribution in [0.15, 0.2) is 0 Å². The molecule has 0 bridgehead atoms. The minimum Gasteiger partial charge on any atom is -0.455 e. The highest BCUT2D eigenvalue weighted by molar-refractivity contribution is 7.99. The molecule has 1 aliphatic heterocycles. The molecule has 0 saturated carbocycles. The van der Waals surface area contributed by atoms with Crippen molar-refractivity contribution < 1.29 is 46.1 Å². The predicted molar refractivity (Wildman–Crippen MR) is 192 cm³/mol. The number of esters is 2. The molecule has 1 rings (SSSR count). The Hall–Kier alpha value is -0.920. The Morgan fingerprint density at radius 2 is 0.958 bits per heavy atom. The maximum absolute atomic E-state index is 13.0. The lowest BCUT2D eigenvalue weighted by atomic mass is 9.99. The van der Waals surface area contributed by atoms with Crippen LogP contribution in [0.4, 0.5) is 0 Å². The lowest BCUT2D eigenvalue weighted by Gasteiger charge is -2.43. The smallest absolute Gasteiger partial charge is 0.397 e. The van der Waals surface area contributed by atoms with Crippen molar-refractivity contribution in [3.05, 3.63) is 0 Å². The molecule has 0 aromatic heterocycles. The largest absolute Gasteiger partial charge is 0.455 e. The lowest BCUT2D eigenvalue weighted by molar-refractivity contribution is -0.225. The van der Waals surface area contributed by atoms with Crippen molar-refractivity contribution in [3.63, 3.8) is 0 Å². The van der Waals surface area contributed by atoms with Gasteiger partial charge in [0, 0.05) is 12.8 Å². The third kappa shape index (κ3) is 22.0. The highest BCUT2D eigenvalue weighted by atomic mass is 32.3. The monoisotopic (exact) mass is 724 g/mol. The third-order valence-corrected chi connectivity index (χ3v) is 10.3. The van der Waals surface area contributed by atoms with Crippen LogP contribution in [0.3, 0.4) is 0 Å². The summed E-state index contributed by atoms with van der Waals surface area (Å²) in [7, 11) is -5.01. The first-order chi connectivity index (χ1) is 23.2. The summed E-state index contributed by atoms with van der Waals surface area (Å²) in [5, 5.41) is 9.95. The molecule has 5 atom stereocenters. The topological polar surface area (TPSA) is 146 Å². The number of ether oxygens (including phenoxy) is 3. The number of hydrogen-bond donors (Lipinski definition) is 2. The molecule has 1 saturated heterocycles. The van der Waals surface area contributed by atoms with E-state index in [2.05, 4.69) is 13.8 Å². The van der Waals surface area contributed by atoms with Crippen LogP contribution in [0.5, 0.6) is 0 Å². The fourth-order valence-electron chi connectivity index (χ4n) is 6.20. The number of thioether (sulfide) groups is 1. The molecule has 1 fully saturated rings. The maximum Gasteiger partial charge on any atom is 0.397 e. The van der Waals surface area contributed by atoms with Crippen molar-refractivity contribution in [3.8, 4) is 0 Å². The molecule has 1 aliphatic rings. The lowest BCUT2D eigenvalue weighted by Crippen LogP contribution is -2.61. The second-order valence-corrected chi connectivity index (χ2v) is 15.3. The van der Waals surface area contributed by atoms with Crippen molar-refractivity contribution in [2.24, 2.45) is 0 Å².